The van der Waals surface area contributed by atoms with Crippen molar-refractivity contribution in [1.29, 1.82) is 0 Å². The summed E-state index contributed by atoms with van der Waals surface area (Å²) in [6.45, 7) is 6.21. The van der Waals surface area contributed by atoms with Gasteiger partial charge in [0.1, 0.15) is 10.4 Å². The number of ether oxygens (including phenoxy) is 2. The third-order valence-corrected chi connectivity index (χ3v) is 5.56. The summed E-state index contributed by atoms with van der Waals surface area (Å²) in [5, 5.41) is 9.49. The first-order valence-corrected chi connectivity index (χ1v) is 10.3. The summed E-state index contributed by atoms with van der Waals surface area (Å²) in [6, 6.07) is 4.43. The third-order valence-electron chi connectivity index (χ3n) is 4.23. The van der Waals surface area contributed by atoms with Crippen LogP contribution in [0.15, 0.2) is 23.1 Å². The molecule has 152 valence electrons. The quantitative estimate of drug-likeness (QED) is 0.363. The largest absolute Gasteiger partial charge is 0.493 e. The van der Waals surface area contributed by atoms with E-state index < -0.39 is 17.9 Å². The first-order valence-electron chi connectivity index (χ1n) is 9.10. The number of thiocarbonyl (C=S) groups is 1. The number of amides is 1. The molecule has 1 unspecified atom stereocenters. The van der Waals surface area contributed by atoms with E-state index in [1.165, 1.54) is 4.90 Å². The van der Waals surface area contributed by atoms with E-state index in [0.29, 0.717) is 23.0 Å². The number of thioether (sulfide) groups is 1. The van der Waals surface area contributed by atoms with Crippen molar-refractivity contribution in [3.63, 3.8) is 0 Å². The van der Waals surface area contributed by atoms with Crippen molar-refractivity contribution in [3.8, 4) is 11.5 Å². The Morgan fingerprint density at radius 2 is 2.07 bits per heavy atom. The van der Waals surface area contributed by atoms with Crippen molar-refractivity contribution in [1.82, 2.24) is 4.90 Å². The fourth-order valence-corrected chi connectivity index (χ4v) is 4.11. The van der Waals surface area contributed by atoms with Gasteiger partial charge < -0.3 is 14.6 Å². The molecule has 2 rings (SSSR count). The molecule has 1 aliphatic rings. The van der Waals surface area contributed by atoms with Crippen LogP contribution >= 0.6 is 24.0 Å². The second-order valence-electron chi connectivity index (χ2n) is 6.69. The van der Waals surface area contributed by atoms with Gasteiger partial charge in [0, 0.05) is 0 Å². The predicted molar refractivity (Wildman–Crippen MR) is 115 cm³/mol. The van der Waals surface area contributed by atoms with Gasteiger partial charge >= 0.3 is 5.97 Å². The van der Waals surface area contributed by atoms with Crippen LogP contribution in [-0.4, -0.2) is 46.0 Å². The first-order chi connectivity index (χ1) is 13.3. The van der Waals surface area contributed by atoms with Gasteiger partial charge in [-0.1, -0.05) is 57.2 Å². The number of benzene rings is 1. The molecule has 1 fully saturated rings. The van der Waals surface area contributed by atoms with E-state index >= 15 is 0 Å². The number of carbonyl (C=O) groups excluding carboxylic acids is 1. The summed E-state index contributed by atoms with van der Waals surface area (Å²) >= 11 is 6.38. The highest BCUT2D eigenvalue weighted by molar-refractivity contribution is 8.26. The average Bonchev–Trinajstić information content (AvgIpc) is 2.90. The minimum absolute atomic E-state index is 0.254. The molecule has 0 aliphatic carbocycles. The number of methoxy groups -OCH3 is 1. The second-order valence-corrected chi connectivity index (χ2v) is 8.37. The van der Waals surface area contributed by atoms with Crippen LogP contribution in [0.25, 0.3) is 6.08 Å². The number of unbranched alkanes of at least 4 members (excludes halogenated alkanes) is 1. The van der Waals surface area contributed by atoms with Crippen molar-refractivity contribution in [2.45, 2.75) is 39.7 Å². The molecule has 1 aromatic carbocycles. The molecule has 1 heterocycles. The average molecular weight is 424 g/mol. The van der Waals surface area contributed by atoms with Crippen LogP contribution < -0.4 is 9.47 Å². The summed E-state index contributed by atoms with van der Waals surface area (Å²) in [5.74, 6) is -0.502. The maximum atomic E-state index is 12.8. The van der Waals surface area contributed by atoms with Gasteiger partial charge in [-0.2, -0.15) is 0 Å². The fraction of sp³-hybridized carbons (Fsp3) is 0.450. The maximum Gasteiger partial charge on any atom is 0.327 e. The van der Waals surface area contributed by atoms with E-state index in [1.54, 1.807) is 39.2 Å². The molecule has 1 saturated heterocycles. The lowest BCUT2D eigenvalue weighted by Gasteiger charge is -2.26. The van der Waals surface area contributed by atoms with Gasteiger partial charge in [-0.15, -0.1) is 0 Å². The zero-order chi connectivity index (χ0) is 20.8. The van der Waals surface area contributed by atoms with Crippen molar-refractivity contribution in [2.75, 3.05) is 13.7 Å². The standard InChI is InChI=1S/C20H25NO5S2/c1-5-6-9-26-14-8-7-13(10-15(14)25-4)11-16-18(22)21(20(27)28-16)17(12(2)3)19(23)24/h7-8,10-12,17H,5-6,9H2,1-4H3,(H,23,24)/b16-11-. The van der Waals surface area contributed by atoms with Gasteiger partial charge in [-0.25, -0.2) is 4.79 Å². The van der Waals surface area contributed by atoms with Crippen LogP contribution in [0.5, 0.6) is 11.5 Å². The maximum absolute atomic E-state index is 12.8. The summed E-state index contributed by atoms with van der Waals surface area (Å²) in [6.07, 6.45) is 3.68. The summed E-state index contributed by atoms with van der Waals surface area (Å²) in [5.41, 5.74) is 0.747. The highest BCUT2D eigenvalue weighted by Gasteiger charge is 2.41. The molecule has 6 nitrogen and oxygen atoms in total. The zero-order valence-corrected chi connectivity index (χ0v) is 18.1. The van der Waals surface area contributed by atoms with Gasteiger partial charge in [0.05, 0.1) is 18.6 Å². The van der Waals surface area contributed by atoms with Gasteiger partial charge in [-0.05, 0) is 36.1 Å². The Balaban J connectivity index is 2.27. The summed E-state index contributed by atoms with van der Waals surface area (Å²) in [7, 11) is 1.56. The number of carboxylic acid groups (broad SMARTS) is 1. The SMILES string of the molecule is CCCCOc1ccc(/C=C2\SC(=S)N(C(C(=O)O)C(C)C)C2=O)cc1OC. The van der Waals surface area contributed by atoms with E-state index in [9.17, 15) is 14.7 Å². The van der Waals surface area contributed by atoms with Crippen LogP contribution in [0, 0.1) is 5.92 Å². The number of hydrogen-bond acceptors (Lipinski definition) is 6. The van der Waals surface area contributed by atoms with E-state index in [-0.39, 0.29) is 10.2 Å². The number of hydrogen-bond donors (Lipinski definition) is 1. The minimum Gasteiger partial charge on any atom is -0.493 e. The first kappa shape index (κ1) is 22.2. The van der Waals surface area contributed by atoms with Crippen LogP contribution in [0.1, 0.15) is 39.2 Å². The van der Waals surface area contributed by atoms with Crippen LogP contribution in [0.3, 0.4) is 0 Å². The third kappa shape index (κ3) is 5.05. The molecule has 0 bridgehead atoms. The van der Waals surface area contributed by atoms with Crippen LogP contribution in [0.2, 0.25) is 0 Å². The molecule has 0 radical (unpaired) electrons. The molecule has 1 amide bonds. The van der Waals surface area contributed by atoms with Crippen molar-refractivity contribution in [2.24, 2.45) is 5.92 Å². The highest BCUT2D eigenvalue weighted by Crippen LogP contribution is 2.36. The highest BCUT2D eigenvalue weighted by atomic mass is 32.2. The van der Waals surface area contributed by atoms with Crippen molar-refractivity contribution in [3.05, 3.63) is 28.7 Å². The second kappa shape index (κ2) is 9.93. The molecule has 1 aromatic rings. The molecule has 1 atom stereocenters. The Bertz CT molecular complexity index is 791. The Morgan fingerprint density at radius 3 is 2.64 bits per heavy atom. The monoisotopic (exact) mass is 423 g/mol. The number of carbonyl (C=O) groups is 2. The summed E-state index contributed by atoms with van der Waals surface area (Å²) in [4.78, 5) is 26.0. The molecule has 8 heteroatoms. The van der Waals surface area contributed by atoms with E-state index in [2.05, 4.69) is 6.92 Å². The fourth-order valence-electron chi connectivity index (χ4n) is 2.78. The Labute approximate surface area is 174 Å². The lowest BCUT2D eigenvalue weighted by molar-refractivity contribution is -0.146. The zero-order valence-electron chi connectivity index (χ0n) is 16.4. The lowest BCUT2D eigenvalue weighted by Crippen LogP contribution is -2.47. The van der Waals surface area contributed by atoms with Crippen molar-refractivity contribution >= 4 is 46.3 Å². The van der Waals surface area contributed by atoms with E-state index in [1.807, 2.05) is 6.07 Å². The van der Waals surface area contributed by atoms with Crippen LogP contribution in [-0.2, 0) is 9.59 Å². The Kier molecular flexibility index (Phi) is 7.88. The molecule has 28 heavy (non-hydrogen) atoms. The van der Waals surface area contributed by atoms with Crippen LogP contribution in [0.4, 0.5) is 0 Å². The minimum atomic E-state index is -1.07. The topological polar surface area (TPSA) is 76.1 Å². The number of nitrogens with zero attached hydrogens (tertiary/aromatic N) is 1. The number of aliphatic carboxylic acids is 1. The van der Waals surface area contributed by atoms with Gasteiger partial charge in [0.15, 0.2) is 11.5 Å². The predicted octanol–water partition coefficient (Wildman–Crippen LogP) is 4.18. The molecule has 0 spiro atoms. The Hall–Kier alpha value is -2.06. The number of rotatable bonds is 9. The normalized spacial score (nSPS) is 16.8. The van der Waals surface area contributed by atoms with Gasteiger partial charge in [-0.3, -0.25) is 9.69 Å². The van der Waals surface area contributed by atoms with E-state index in [0.717, 1.165) is 30.2 Å². The van der Waals surface area contributed by atoms with E-state index in [4.69, 9.17) is 21.7 Å². The molecular formula is C20H25NO5S2. The lowest BCUT2D eigenvalue weighted by atomic mass is 10.0. The van der Waals surface area contributed by atoms with Gasteiger partial charge in [0.2, 0.25) is 0 Å². The molecule has 1 aliphatic heterocycles. The number of carboxylic acids is 1. The van der Waals surface area contributed by atoms with Crippen molar-refractivity contribution < 1.29 is 24.2 Å². The summed E-state index contributed by atoms with van der Waals surface area (Å²) < 4.78 is 11.4. The smallest absolute Gasteiger partial charge is 0.327 e. The van der Waals surface area contributed by atoms with Gasteiger partial charge in [0.25, 0.3) is 5.91 Å². The molecule has 0 saturated carbocycles. The Morgan fingerprint density at radius 1 is 1.36 bits per heavy atom. The molecule has 0 aromatic heterocycles. The molecular weight excluding hydrogens is 398 g/mol. The molecule has 1 N–H and O–H groups in total.